The van der Waals surface area contributed by atoms with Gasteiger partial charge in [0, 0.05) is 6.07 Å². The number of nitrogens with two attached hydrogens (primary N) is 1. The fraction of sp³-hybridized carbons (Fsp3) is 0.111. The highest BCUT2D eigenvalue weighted by molar-refractivity contribution is 5.54. The van der Waals surface area contributed by atoms with Crippen LogP contribution in [-0.4, -0.2) is 19.9 Å². The van der Waals surface area contributed by atoms with Gasteiger partial charge in [-0.2, -0.15) is 0 Å². The quantitative estimate of drug-likeness (QED) is 0.624. The van der Waals surface area contributed by atoms with E-state index in [4.69, 9.17) is 5.73 Å². The SMILES string of the molecule is Cc1c(N)nnn1-c1c(F)cccc1[N+](=O)[O-]. The van der Waals surface area contributed by atoms with Gasteiger partial charge in [0.15, 0.2) is 17.3 Å². The maximum Gasteiger partial charge on any atom is 0.297 e. The van der Waals surface area contributed by atoms with Crippen LogP contribution in [0.25, 0.3) is 5.69 Å². The van der Waals surface area contributed by atoms with Crippen molar-refractivity contribution in [2.75, 3.05) is 5.73 Å². The Kier molecular flexibility index (Phi) is 2.47. The van der Waals surface area contributed by atoms with Gasteiger partial charge in [-0.25, -0.2) is 9.07 Å². The molecular weight excluding hydrogens is 229 g/mol. The first-order valence-corrected chi connectivity index (χ1v) is 4.63. The van der Waals surface area contributed by atoms with Gasteiger partial charge in [-0.05, 0) is 13.0 Å². The van der Waals surface area contributed by atoms with Crippen LogP contribution in [0.1, 0.15) is 5.69 Å². The molecule has 0 spiro atoms. The van der Waals surface area contributed by atoms with Gasteiger partial charge in [0.2, 0.25) is 0 Å². The Morgan fingerprint density at radius 2 is 2.24 bits per heavy atom. The van der Waals surface area contributed by atoms with Crippen molar-refractivity contribution in [2.45, 2.75) is 6.92 Å². The molecule has 8 heteroatoms. The molecule has 0 amide bonds. The summed E-state index contributed by atoms with van der Waals surface area (Å²) in [6.45, 7) is 1.55. The topological polar surface area (TPSA) is 99.9 Å². The van der Waals surface area contributed by atoms with Crippen LogP contribution in [0.3, 0.4) is 0 Å². The minimum Gasteiger partial charge on any atom is -0.381 e. The van der Waals surface area contributed by atoms with Crippen LogP contribution < -0.4 is 5.73 Å². The van der Waals surface area contributed by atoms with Crippen LogP contribution in [0, 0.1) is 22.9 Å². The molecule has 7 nitrogen and oxygen atoms in total. The number of benzene rings is 1. The molecule has 2 aromatic rings. The Morgan fingerprint density at radius 3 is 2.76 bits per heavy atom. The third kappa shape index (κ3) is 1.69. The fourth-order valence-electron chi connectivity index (χ4n) is 1.41. The van der Waals surface area contributed by atoms with Crippen molar-refractivity contribution in [2.24, 2.45) is 0 Å². The molecular formula is C9H8FN5O2. The van der Waals surface area contributed by atoms with Gasteiger partial charge in [0.1, 0.15) is 0 Å². The number of anilines is 1. The number of para-hydroxylation sites is 1. The van der Waals surface area contributed by atoms with Crippen molar-refractivity contribution in [1.29, 1.82) is 0 Å². The summed E-state index contributed by atoms with van der Waals surface area (Å²) < 4.78 is 14.7. The van der Waals surface area contributed by atoms with Crippen molar-refractivity contribution in [1.82, 2.24) is 15.0 Å². The zero-order chi connectivity index (χ0) is 12.6. The molecule has 0 fully saturated rings. The molecule has 0 radical (unpaired) electrons. The molecule has 0 aliphatic carbocycles. The van der Waals surface area contributed by atoms with Crippen LogP contribution >= 0.6 is 0 Å². The highest BCUT2D eigenvalue weighted by Gasteiger charge is 2.22. The summed E-state index contributed by atoms with van der Waals surface area (Å²) in [5.41, 5.74) is 5.16. The monoisotopic (exact) mass is 237 g/mol. The highest BCUT2D eigenvalue weighted by Crippen LogP contribution is 2.26. The molecule has 2 rings (SSSR count). The average molecular weight is 237 g/mol. The smallest absolute Gasteiger partial charge is 0.297 e. The molecule has 0 aliphatic heterocycles. The van der Waals surface area contributed by atoms with Crippen LogP contribution in [0.15, 0.2) is 18.2 Å². The summed E-state index contributed by atoms with van der Waals surface area (Å²) >= 11 is 0. The van der Waals surface area contributed by atoms with Gasteiger partial charge in [-0.3, -0.25) is 10.1 Å². The summed E-state index contributed by atoms with van der Waals surface area (Å²) in [6.07, 6.45) is 0. The Balaban J connectivity index is 2.74. The molecule has 2 N–H and O–H groups in total. The maximum atomic E-state index is 13.7. The molecule has 1 heterocycles. The molecule has 88 valence electrons. The first-order chi connectivity index (χ1) is 8.02. The summed E-state index contributed by atoms with van der Waals surface area (Å²) in [6, 6.07) is 3.56. The zero-order valence-corrected chi connectivity index (χ0v) is 8.79. The average Bonchev–Trinajstić information content (AvgIpc) is 2.60. The van der Waals surface area contributed by atoms with E-state index in [2.05, 4.69) is 10.3 Å². The molecule has 1 aromatic heterocycles. The second kappa shape index (κ2) is 3.81. The van der Waals surface area contributed by atoms with Gasteiger partial charge in [0.05, 0.1) is 10.6 Å². The van der Waals surface area contributed by atoms with E-state index in [1.54, 1.807) is 6.92 Å². The van der Waals surface area contributed by atoms with Gasteiger partial charge in [0.25, 0.3) is 5.69 Å². The number of hydrogen-bond donors (Lipinski definition) is 1. The Hall–Kier alpha value is -2.51. The molecule has 1 aromatic carbocycles. The lowest BCUT2D eigenvalue weighted by atomic mass is 10.2. The summed E-state index contributed by atoms with van der Waals surface area (Å²) in [4.78, 5) is 10.1. The molecule has 0 saturated heterocycles. The van der Waals surface area contributed by atoms with Gasteiger partial charge in [-0.15, -0.1) is 5.10 Å². The van der Waals surface area contributed by atoms with Gasteiger partial charge < -0.3 is 5.73 Å². The van der Waals surface area contributed by atoms with E-state index in [0.29, 0.717) is 5.69 Å². The molecule has 0 bridgehead atoms. The molecule has 17 heavy (non-hydrogen) atoms. The lowest BCUT2D eigenvalue weighted by Crippen LogP contribution is -2.06. The van der Waals surface area contributed by atoms with E-state index in [1.807, 2.05) is 0 Å². The second-order valence-corrected chi connectivity index (χ2v) is 3.34. The maximum absolute atomic E-state index is 13.7. The van der Waals surface area contributed by atoms with Crippen molar-refractivity contribution in [3.05, 3.63) is 39.8 Å². The number of nitrogens with zero attached hydrogens (tertiary/aromatic N) is 4. The van der Waals surface area contributed by atoms with E-state index in [9.17, 15) is 14.5 Å². The predicted molar refractivity (Wildman–Crippen MR) is 57.1 cm³/mol. The van der Waals surface area contributed by atoms with Crippen molar-refractivity contribution < 1.29 is 9.31 Å². The Labute approximate surface area is 94.8 Å². The second-order valence-electron chi connectivity index (χ2n) is 3.34. The summed E-state index contributed by atoms with van der Waals surface area (Å²) in [5.74, 6) is -0.658. The zero-order valence-electron chi connectivity index (χ0n) is 8.79. The summed E-state index contributed by atoms with van der Waals surface area (Å²) in [5, 5.41) is 17.9. The van der Waals surface area contributed by atoms with Crippen LogP contribution in [0.2, 0.25) is 0 Å². The van der Waals surface area contributed by atoms with Crippen LogP contribution in [-0.2, 0) is 0 Å². The highest BCUT2D eigenvalue weighted by atomic mass is 19.1. The lowest BCUT2D eigenvalue weighted by molar-refractivity contribution is -0.384. The van der Waals surface area contributed by atoms with Crippen LogP contribution in [0.4, 0.5) is 15.9 Å². The standard InChI is InChI=1S/C9H8FN5O2/c1-5-9(11)12-13-14(5)8-6(10)3-2-4-7(8)15(16)17/h2-4H,11H2,1H3. The van der Waals surface area contributed by atoms with Crippen LogP contribution in [0.5, 0.6) is 0 Å². The van der Waals surface area contributed by atoms with Crippen molar-refractivity contribution >= 4 is 11.5 Å². The molecule has 0 unspecified atom stereocenters. The first kappa shape index (κ1) is 11.0. The number of aromatic nitrogens is 3. The van der Waals surface area contributed by atoms with Gasteiger partial charge >= 0.3 is 0 Å². The predicted octanol–water partition coefficient (Wildman–Crippen LogP) is 1.21. The number of hydrogen-bond acceptors (Lipinski definition) is 5. The van der Waals surface area contributed by atoms with Crippen molar-refractivity contribution in [3.8, 4) is 5.69 Å². The lowest BCUT2D eigenvalue weighted by Gasteiger charge is -2.05. The number of rotatable bonds is 2. The fourth-order valence-corrected chi connectivity index (χ4v) is 1.41. The minimum atomic E-state index is -0.757. The Morgan fingerprint density at radius 1 is 1.53 bits per heavy atom. The van der Waals surface area contributed by atoms with E-state index < -0.39 is 16.4 Å². The van der Waals surface area contributed by atoms with Gasteiger partial charge in [-0.1, -0.05) is 11.3 Å². The summed E-state index contributed by atoms with van der Waals surface area (Å²) in [7, 11) is 0. The van der Waals surface area contributed by atoms with Crippen molar-refractivity contribution in [3.63, 3.8) is 0 Å². The third-order valence-electron chi connectivity index (χ3n) is 2.30. The normalized spacial score (nSPS) is 10.5. The number of nitrogen functional groups attached to an aromatic ring is 1. The number of nitro groups is 1. The van der Waals surface area contributed by atoms with E-state index >= 15 is 0 Å². The molecule has 0 saturated carbocycles. The van der Waals surface area contributed by atoms with E-state index in [0.717, 1.165) is 10.7 Å². The molecule has 0 atom stereocenters. The largest absolute Gasteiger partial charge is 0.381 e. The molecule has 0 aliphatic rings. The number of halogens is 1. The minimum absolute atomic E-state index is 0.0996. The first-order valence-electron chi connectivity index (χ1n) is 4.63. The third-order valence-corrected chi connectivity index (χ3v) is 2.30. The Bertz CT molecular complexity index is 595. The van der Waals surface area contributed by atoms with E-state index in [1.165, 1.54) is 12.1 Å². The number of nitro benzene ring substituents is 1. The van der Waals surface area contributed by atoms with E-state index in [-0.39, 0.29) is 11.5 Å².